The highest BCUT2D eigenvalue weighted by Crippen LogP contribution is 2.40. The number of nitrogens with zero attached hydrogens (tertiary/aromatic N) is 1. The van der Waals surface area contributed by atoms with Gasteiger partial charge in [-0.25, -0.2) is 0 Å². The molecule has 0 fully saturated rings. The lowest BCUT2D eigenvalue weighted by molar-refractivity contribution is -0.129. The number of fused-ring (bicyclic) bond motifs is 1. The standard InChI is InChI=1S/C16H16N2O3/c1-2-7-21-12-8-11(9-17-10-12)16(20)13-5-3-4-6-14(13)18-15(16)19/h3-6,8-10,20H,2,7H2,1H3,(H,18,19). The van der Waals surface area contributed by atoms with Crippen LogP contribution in [0.2, 0.25) is 0 Å². The Labute approximate surface area is 122 Å². The Morgan fingerprint density at radius 1 is 1.33 bits per heavy atom. The number of benzene rings is 1. The van der Waals surface area contributed by atoms with Gasteiger partial charge in [-0.1, -0.05) is 25.1 Å². The van der Waals surface area contributed by atoms with Crippen molar-refractivity contribution in [3.8, 4) is 5.75 Å². The molecular formula is C16H16N2O3. The number of nitrogens with one attached hydrogen (secondary N) is 1. The summed E-state index contributed by atoms with van der Waals surface area (Å²) < 4.78 is 5.52. The number of pyridine rings is 1. The molecule has 0 radical (unpaired) electrons. The lowest BCUT2D eigenvalue weighted by Gasteiger charge is -2.21. The Hall–Kier alpha value is -2.40. The maximum Gasteiger partial charge on any atom is 0.265 e. The van der Waals surface area contributed by atoms with E-state index in [0.717, 1.165) is 6.42 Å². The maximum absolute atomic E-state index is 12.2. The van der Waals surface area contributed by atoms with Crippen LogP contribution in [0.15, 0.2) is 42.7 Å². The van der Waals surface area contributed by atoms with Gasteiger partial charge in [0.15, 0.2) is 5.60 Å². The molecule has 0 spiro atoms. The third-order valence-electron chi connectivity index (χ3n) is 3.50. The van der Waals surface area contributed by atoms with Crippen molar-refractivity contribution >= 4 is 11.6 Å². The Morgan fingerprint density at radius 2 is 2.14 bits per heavy atom. The predicted octanol–water partition coefficient (Wildman–Crippen LogP) is 2.06. The summed E-state index contributed by atoms with van der Waals surface area (Å²) in [5.41, 5.74) is -0.178. The summed E-state index contributed by atoms with van der Waals surface area (Å²) in [4.78, 5) is 16.3. The molecule has 3 rings (SSSR count). The molecule has 0 saturated heterocycles. The molecule has 2 aromatic rings. The van der Waals surface area contributed by atoms with Gasteiger partial charge in [0.1, 0.15) is 5.75 Å². The van der Waals surface area contributed by atoms with E-state index >= 15 is 0 Å². The molecule has 1 aliphatic heterocycles. The number of hydrogen-bond donors (Lipinski definition) is 2. The lowest BCUT2D eigenvalue weighted by Crippen LogP contribution is -2.35. The molecule has 1 unspecified atom stereocenters. The molecule has 21 heavy (non-hydrogen) atoms. The number of carbonyl (C=O) groups is 1. The van der Waals surface area contributed by atoms with E-state index in [-0.39, 0.29) is 0 Å². The minimum Gasteiger partial charge on any atom is -0.492 e. The minimum absolute atomic E-state index is 0.401. The quantitative estimate of drug-likeness (QED) is 0.901. The van der Waals surface area contributed by atoms with E-state index in [1.165, 1.54) is 6.20 Å². The van der Waals surface area contributed by atoms with Crippen LogP contribution in [0.25, 0.3) is 0 Å². The number of rotatable bonds is 4. The summed E-state index contributed by atoms with van der Waals surface area (Å²) >= 11 is 0. The predicted molar refractivity (Wildman–Crippen MR) is 78.1 cm³/mol. The van der Waals surface area contributed by atoms with Gasteiger partial charge < -0.3 is 15.2 Å². The second kappa shape index (κ2) is 5.18. The van der Waals surface area contributed by atoms with Crippen molar-refractivity contribution in [1.29, 1.82) is 0 Å². The van der Waals surface area contributed by atoms with Gasteiger partial charge in [-0.15, -0.1) is 0 Å². The Balaban J connectivity index is 2.05. The monoisotopic (exact) mass is 284 g/mol. The summed E-state index contributed by atoms with van der Waals surface area (Å²) in [5, 5.41) is 13.6. The van der Waals surface area contributed by atoms with Crippen LogP contribution in [0.4, 0.5) is 5.69 Å². The molecule has 5 heteroatoms. The SMILES string of the molecule is CCCOc1cncc(C2(O)C(=O)Nc3ccccc32)c1. The van der Waals surface area contributed by atoms with E-state index in [9.17, 15) is 9.90 Å². The number of anilines is 1. The Kier molecular flexibility index (Phi) is 3.35. The van der Waals surface area contributed by atoms with Crippen molar-refractivity contribution in [3.63, 3.8) is 0 Å². The number of ether oxygens (including phenoxy) is 1. The normalized spacial score (nSPS) is 20.0. The highest BCUT2D eigenvalue weighted by Gasteiger charge is 2.47. The zero-order chi connectivity index (χ0) is 14.9. The van der Waals surface area contributed by atoms with Crippen molar-refractivity contribution < 1.29 is 14.6 Å². The first-order valence-corrected chi connectivity index (χ1v) is 6.88. The van der Waals surface area contributed by atoms with Crippen molar-refractivity contribution in [3.05, 3.63) is 53.9 Å². The molecule has 2 N–H and O–H groups in total. The number of amides is 1. The molecule has 1 aromatic carbocycles. The zero-order valence-corrected chi connectivity index (χ0v) is 11.7. The molecule has 1 amide bonds. The van der Waals surface area contributed by atoms with E-state index in [1.54, 1.807) is 30.5 Å². The van der Waals surface area contributed by atoms with Gasteiger partial charge in [-0.2, -0.15) is 0 Å². The van der Waals surface area contributed by atoms with Gasteiger partial charge in [0.05, 0.1) is 12.8 Å². The van der Waals surface area contributed by atoms with Crippen molar-refractivity contribution in [1.82, 2.24) is 4.98 Å². The number of aromatic nitrogens is 1. The van der Waals surface area contributed by atoms with Gasteiger partial charge in [0.25, 0.3) is 5.91 Å². The first-order chi connectivity index (χ1) is 10.2. The summed E-state index contributed by atoms with van der Waals surface area (Å²) in [6.45, 7) is 2.57. The smallest absolute Gasteiger partial charge is 0.265 e. The summed E-state index contributed by atoms with van der Waals surface area (Å²) in [7, 11) is 0. The fourth-order valence-electron chi connectivity index (χ4n) is 2.44. The van der Waals surface area contributed by atoms with Crippen LogP contribution in [-0.2, 0) is 10.4 Å². The highest BCUT2D eigenvalue weighted by molar-refractivity contribution is 6.07. The van der Waals surface area contributed by atoms with E-state index in [2.05, 4.69) is 10.3 Å². The molecule has 0 saturated carbocycles. The minimum atomic E-state index is -1.73. The average molecular weight is 284 g/mol. The number of aliphatic hydroxyl groups is 1. The topological polar surface area (TPSA) is 71.5 Å². The van der Waals surface area contributed by atoms with Gasteiger partial charge in [-0.05, 0) is 18.6 Å². The highest BCUT2D eigenvalue weighted by atomic mass is 16.5. The second-order valence-electron chi connectivity index (χ2n) is 4.97. The second-order valence-corrected chi connectivity index (χ2v) is 4.97. The first kappa shape index (κ1) is 13.6. The molecule has 0 bridgehead atoms. The van der Waals surface area contributed by atoms with E-state index in [4.69, 9.17) is 4.74 Å². The van der Waals surface area contributed by atoms with Gasteiger partial charge in [0, 0.05) is 23.0 Å². The fourth-order valence-corrected chi connectivity index (χ4v) is 2.44. The molecule has 108 valence electrons. The first-order valence-electron chi connectivity index (χ1n) is 6.88. The third-order valence-corrected chi connectivity index (χ3v) is 3.50. The number of carbonyl (C=O) groups excluding carboxylic acids is 1. The summed E-state index contributed by atoms with van der Waals surface area (Å²) in [6, 6.07) is 8.74. The van der Waals surface area contributed by atoms with E-state index < -0.39 is 11.5 Å². The number of hydrogen-bond acceptors (Lipinski definition) is 4. The fraction of sp³-hybridized carbons (Fsp3) is 0.250. The molecule has 1 aromatic heterocycles. The molecule has 5 nitrogen and oxygen atoms in total. The molecular weight excluding hydrogens is 268 g/mol. The zero-order valence-electron chi connectivity index (χ0n) is 11.7. The third kappa shape index (κ3) is 2.15. The molecule has 0 aliphatic carbocycles. The molecule has 2 heterocycles. The lowest BCUT2D eigenvalue weighted by atomic mass is 9.88. The van der Waals surface area contributed by atoms with Crippen LogP contribution < -0.4 is 10.1 Å². The van der Waals surface area contributed by atoms with Crippen molar-refractivity contribution in [2.45, 2.75) is 18.9 Å². The summed E-state index contributed by atoms with van der Waals surface area (Å²) in [5.74, 6) is 0.0677. The average Bonchev–Trinajstić information content (AvgIpc) is 2.78. The van der Waals surface area contributed by atoms with Crippen LogP contribution in [0.3, 0.4) is 0 Å². The largest absolute Gasteiger partial charge is 0.492 e. The van der Waals surface area contributed by atoms with Crippen molar-refractivity contribution in [2.24, 2.45) is 0 Å². The maximum atomic E-state index is 12.2. The van der Waals surface area contributed by atoms with Gasteiger partial charge in [0.2, 0.25) is 0 Å². The molecule has 1 aliphatic rings. The van der Waals surface area contributed by atoms with Crippen LogP contribution in [-0.4, -0.2) is 22.6 Å². The van der Waals surface area contributed by atoms with Crippen LogP contribution in [0.1, 0.15) is 24.5 Å². The van der Waals surface area contributed by atoms with E-state index in [1.807, 2.05) is 13.0 Å². The van der Waals surface area contributed by atoms with Crippen molar-refractivity contribution in [2.75, 3.05) is 11.9 Å². The molecule has 1 atom stereocenters. The Bertz CT molecular complexity index is 687. The summed E-state index contributed by atoms with van der Waals surface area (Å²) in [6.07, 6.45) is 3.93. The number of para-hydroxylation sites is 1. The van der Waals surface area contributed by atoms with Crippen LogP contribution in [0.5, 0.6) is 5.75 Å². The Morgan fingerprint density at radius 3 is 2.95 bits per heavy atom. The van der Waals surface area contributed by atoms with E-state index in [0.29, 0.717) is 29.2 Å². The van der Waals surface area contributed by atoms with Crippen LogP contribution >= 0.6 is 0 Å². The van der Waals surface area contributed by atoms with Gasteiger partial charge in [-0.3, -0.25) is 9.78 Å². The van der Waals surface area contributed by atoms with Gasteiger partial charge >= 0.3 is 0 Å². The van der Waals surface area contributed by atoms with Crippen LogP contribution in [0, 0.1) is 0 Å².